The van der Waals surface area contributed by atoms with Gasteiger partial charge in [0.25, 0.3) is 0 Å². The zero-order valence-electron chi connectivity index (χ0n) is 11.0. The molecule has 1 aromatic carbocycles. The predicted octanol–water partition coefficient (Wildman–Crippen LogP) is 1.60. The van der Waals surface area contributed by atoms with Gasteiger partial charge in [0, 0.05) is 24.3 Å². The van der Waals surface area contributed by atoms with E-state index in [0.717, 1.165) is 36.6 Å². The Bertz CT molecular complexity index is 510. The standard InChI is InChI=1S/C14H19N3O2/c1-8(9-2-3-19-7-9)16-13-6-12-10(4-11(13)15)5-14(18)17-12/h4,6,8-9,16H,2-3,5,7,15H2,1H3,(H,17,18). The van der Waals surface area contributed by atoms with Crippen molar-refractivity contribution in [1.82, 2.24) is 0 Å². The van der Waals surface area contributed by atoms with E-state index in [-0.39, 0.29) is 5.91 Å². The van der Waals surface area contributed by atoms with Crippen LogP contribution in [0.25, 0.3) is 0 Å². The maximum atomic E-state index is 11.4. The van der Waals surface area contributed by atoms with E-state index in [1.807, 2.05) is 12.1 Å². The fraction of sp³-hybridized carbons (Fsp3) is 0.500. The van der Waals surface area contributed by atoms with Gasteiger partial charge in [-0.2, -0.15) is 0 Å². The Morgan fingerprint density at radius 1 is 1.53 bits per heavy atom. The van der Waals surface area contributed by atoms with Gasteiger partial charge in [0.05, 0.1) is 24.4 Å². The number of nitrogen functional groups attached to an aromatic ring is 1. The second kappa shape index (κ2) is 4.74. The number of rotatable bonds is 3. The number of benzene rings is 1. The number of nitrogens with two attached hydrogens (primary N) is 1. The number of carbonyl (C=O) groups excluding carboxylic acids is 1. The molecule has 0 radical (unpaired) electrons. The molecule has 2 atom stereocenters. The van der Waals surface area contributed by atoms with Crippen molar-refractivity contribution in [3.63, 3.8) is 0 Å². The summed E-state index contributed by atoms with van der Waals surface area (Å²) in [5, 5.41) is 6.29. The molecular formula is C14H19N3O2. The van der Waals surface area contributed by atoms with Crippen LogP contribution in [0.2, 0.25) is 0 Å². The van der Waals surface area contributed by atoms with Crippen LogP contribution >= 0.6 is 0 Å². The van der Waals surface area contributed by atoms with Gasteiger partial charge < -0.3 is 21.1 Å². The minimum Gasteiger partial charge on any atom is -0.397 e. The molecule has 1 fully saturated rings. The first kappa shape index (κ1) is 12.3. The van der Waals surface area contributed by atoms with Crippen molar-refractivity contribution in [2.75, 3.05) is 29.6 Å². The Kier molecular flexibility index (Phi) is 3.06. The summed E-state index contributed by atoms with van der Waals surface area (Å²) >= 11 is 0. The highest BCUT2D eigenvalue weighted by Crippen LogP contribution is 2.32. The highest BCUT2D eigenvalue weighted by atomic mass is 16.5. The number of hydrogen-bond acceptors (Lipinski definition) is 4. The molecular weight excluding hydrogens is 242 g/mol. The van der Waals surface area contributed by atoms with Gasteiger partial charge in [0.2, 0.25) is 5.91 Å². The average molecular weight is 261 g/mol. The maximum Gasteiger partial charge on any atom is 0.228 e. The second-order valence-corrected chi connectivity index (χ2v) is 5.38. The first-order chi connectivity index (χ1) is 9.13. The molecule has 1 amide bonds. The van der Waals surface area contributed by atoms with E-state index >= 15 is 0 Å². The van der Waals surface area contributed by atoms with Gasteiger partial charge in [-0.15, -0.1) is 0 Å². The molecule has 2 aliphatic rings. The van der Waals surface area contributed by atoms with Crippen LogP contribution in [0.5, 0.6) is 0 Å². The lowest BCUT2D eigenvalue weighted by atomic mass is 10.00. The van der Waals surface area contributed by atoms with Gasteiger partial charge in [-0.1, -0.05) is 0 Å². The number of nitrogens with one attached hydrogen (secondary N) is 2. The third kappa shape index (κ3) is 2.38. The van der Waals surface area contributed by atoms with E-state index in [4.69, 9.17) is 10.5 Å². The van der Waals surface area contributed by atoms with Gasteiger partial charge in [-0.25, -0.2) is 0 Å². The summed E-state index contributed by atoms with van der Waals surface area (Å²) in [4.78, 5) is 11.4. The van der Waals surface area contributed by atoms with Crippen LogP contribution in [0.4, 0.5) is 17.1 Å². The molecule has 2 heterocycles. The fourth-order valence-corrected chi connectivity index (χ4v) is 2.73. The molecule has 19 heavy (non-hydrogen) atoms. The van der Waals surface area contributed by atoms with Gasteiger partial charge in [-0.3, -0.25) is 4.79 Å². The van der Waals surface area contributed by atoms with Crippen molar-refractivity contribution >= 4 is 23.0 Å². The largest absolute Gasteiger partial charge is 0.397 e. The van der Waals surface area contributed by atoms with E-state index in [1.165, 1.54) is 0 Å². The minimum absolute atomic E-state index is 0.0313. The number of carbonyl (C=O) groups is 1. The molecule has 2 unspecified atom stereocenters. The average Bonchev–Trinajstić information content (AvgIpc) is 2.97. The summed E-state index contributed by atoms with van der Waals surface area (Å²) in [6, 6.07) is 4.12. The summed E-state index contributed by atoms with van der Waals surface area (Å²) in [6.07, 6.45) is 1.50. The molecule has 102 valence electrons. The van der Waals surface area contributed by atoms with E-state index in [9.17, 15) is 4.79 Å². The Morgan fingerprint density at radius 2 is 2.37 bits per heavy atom. The lowest BCUT2D eigenvalue weighted by Gasteiger charge is -2.22. The van der Waals surface area contributed by atoms with Crippen molar-refractivity contribution in [1.29, 1.82) is 0 Å². The van der Waals surface area contributed by atoms with Crippen LogP contribution in [-0.2, 0) is 16.0 Å². The van der Waals surface area contributed by atoms with Crippen LogP contribution in [0.15, 0.2) is 12.1 Å². The number of anilines is 3. The lowest BCUT2D eigenvalue weighted by Crippen LogP contribution is -2.26. The van der Waals surface area contributed by atoms with Crippen LogP contribution < -0.4 is 16.4 Å². The SMILES string of the molecule is CC(Nc1cc2c(cc1N)CC(=O)N2)C1CCOC1. The van der Waals surface area contributed by atoms with Crippen molar-refractivity contribution < 1.29 is 9.53 Å². The number of amides is 1. The summed E-state index contributed by atoms with van der Waals surface area (Å²) in [6.45, 7) is 3.78. The quantitative estimate of drug-likeness (QED) is 0.722. The van der Waals surface area contributed by atoms with Gasteiger partial charge in [0.1, 0.15) is 0 Å². The van der Waals surface area contributed by atoms with E-state index in [2.05, 4.69) is 17.6 Å². The van der Waals surface area contributed by atoms with Crippen LogP contribution in [0, 0.1) is 5.92 Å². The van der Waals surface area contributed by atoms with Crippen LogP contribution in [-0.4, -0.2) is 25.2 Å². The second-order valence-electron chi connectivity index (χ2n) is 5.38. The van der Waals surface area contributed by atoms with Crippen LogP contribution in [0.1, 0.15) is 18.9 Å². The number of hydrogen-bond donors (Lipinski definition) is 3. The summed E-state index contributed by atoms with van der Waals surface area (Å²) in [5.41, 5.74) is 9.49. The molecule has 5 heteroatoms. The molecule has 4 N–H and O–H groups in total. The molecule has 1 saturated heterocycles. The topological polar surface area (TPSA) is 76.4 Å². The maximum absolute atomic E-state index is 11.4. The van der Waals surface area contributed by atoms with Gasteiger partial charge in [0.15, 0.2) is 0 Å². The monoisotopic (exact) mass is 261 g/mol. The van der Waals surface area contributed by atoms with Crippen molar-refractivity contribution in [2.45, 2.75) is 25.8 Å². The zero-order chi connectivity index (χ0) is 13.4. The highest BCUT2D eigenvalue weighted by molar-refractivity contribution is 6.00. The molecule has 0 bridgehead atoms. The van der Waals surface area contributed by atoms with E-state index < -0.39 is 0 Å². The Balaban J connectivity index is 1.77. The molecule has 1 aromatic rings. The van der Waals surface area contributed by atoms with Gasteiger partial charge in [-0.05, 0) is 31.0 Å². The molecule has 0 aromatic heterocycles. The molecule has 2 aliphatic heterocycles. The summed E-state index contributed by atoms with van der Waals surface area (Å²) in [5.74, 6) is 0.547. The lowest BCUT2D eigenvalue weighted by molar-refractivity contribution is -0.115. The predicted molar refractivity (Wildman–Crippen MR) is 75.2 cm³/mol. The normalized spacial score (nSPS) is 23.0. The summed E-state index contributed by atoms with van der Waals surface area (Å²) < 4.78 is 5.41. The van der Waals surface area contributed by atoms with Crippen molar-refractivity contribution in [2.24, 2.45) is 5.92 Å². The molecule has 0 saturated carbocycles. The van der Waals surface area contributed by atoms with Crippen molar-refractivity contribution in [3.05, 3.63) is 17.7 Å². The Morgan fingerprint density at radius 3 is 3.11 bits per heavy atom. The zero-order valence-corrected chi connectivity index (χ0v) is 11.0. The Hall–Kier alpha value is -1.75. The number of ether oxygens (including phenoxy) is 1. The molecule has 0 aliphatic carbocycles. The van der Waals surface area contributed by atoms with Gasteiger partial charge >= 0.3 is 0 Å². The smallest absolute Gasteiger partial charge is 0.228 e. The van der Waals surface area contributed by atoms with Crippen molar-refractivity contribution in [3.8, 4) is 0 Å². The third-order valence-electron chi connectivity index (χ3n) is 3.96. The Labute approximate surface area is 112 Å². The number of fused-ring (bicyclic) bond motifs is 1. The first-order valence-electron chi connectivity index (χ1n) is 6.70. The van der Waals surface area contributed by atoms with E-state index in [1.54, 1.807) is 0 Å². The molecule has 0 spiro atoms. The van der Waals surface area contributed by atoms with Crippen LogP contribution in [0.3, 0.4) is 0 Å². The van der Waals surface area contributed by atoms with E-state index in [0.29, 0.717) is 24.1 Å². The fourth-order valence-electron chi connectivity index (χ4n) is 2.73. The third-order valence-corrected chi connectivity index (χ3v) is 3.96. The summed E-state index contributed by atoms with van der Waals surface area (Å²) in [7, 11) is 0. The first-order valence-corrected chi connectivity index (χ1v) is 6.70. The molecule has 5 nitrogen and oxygen atoms in total. The molecule has 3 rings (SSSR count). The minimum atomic E-state index is 0.0313. The highest BCUT2D eigenvalue weighted by Gasteiger charge is 2.24.